The summed E-state index contributed by atoms with van der Waals surface area (Å²) in [5.74, 6) is 0.339. The van der Waals surface area contributed by atoms with Gasteiger partial charge in [0.25, 0.3) is 0 Å². The minimum atomic E-state index is -0.399. The van der Waals surface area contributed by atoms with E-state index in [1.54, 1.807) is 24.3 Å². The molecule has 0 spiro atoms. The van der Waals surface area contributed by atoms with Crippen LogP contribution in [0.5, 0.6) is 5.75 Å². The lowest BCUT2D eigenvalue weighted by molar-refractivity contribution is -0.118. The van der Waals surface area contributed by atoms with Crippen molar-refractivity contribution in [2.24, 2.45) is 5.10 Å². The smallest absolute Gasteiger partial charge is 0.337 e. The first kappa shape index (κ1) is 17.8. The molecule has 0 radical (unpaired) electrons. The van der Waals surface area contributed by atoms with Gasteiger partial charge in [-0.05, 0) is 29.8 Å². The number of thioether (sulfide) groups is 1. The van der Waals surface area contributed by atoms with Crippen molar-refractivity contribution in [3.63, 3.8) is 0 Å². The van der Waals surface area contributed by atoms with Crippen LogP contribution in [0.25, 0.3) is 0 Å². The largest absolute Gasteiger partial charge is 0.465 e. The van der Waals surface area contributed by atoms with E-state index in [4.69, 9.17) is 4.74 Å². The van der Waals surface area contributed by atoms with Crippen molar-refractivity contribution in [2.75, 3.05) is 18.2 Å². The second-order valence-corrected chi connectivity index (χ2v) is 6.36. The highest BCUT2D eigenvalue weighted by molar-refractivity contribution is 8.00. The Kier molecular flexibility index (Phi) is 5.75. The number of carbonyl (C=O) groups excluding carboxylic acids is 2. The first-order valence-corrected chi connectivity index (χ1v) is 8.85. The Morgan fingerprint density at radius 1 is 1.27 bits per heavy atom. The van der Waals surface area contributed by atoms with Gasteiger partial charge in [0.05, 0.1) is 30.3 Å². The summed E-state index contributed by atoms with van der Waals surface area (Å²) in [5.41, 5.74) is 4.28. The number of benzene rings is 2. The second kappa shape index (κ2) is 8.39. The molecule has 3 rings (SSSR count). The van der Waals surface area contributed by atoms with Gasteiger partial charge in [-0.25, -0.2) is 10.2 Å². The molecule has 8 heteroatoms. The predicted molar refractivity (Wildman–Crippen MR) is 100 cm³/mol. The van der Waals surface area contributed by atoms with Gasteiger partial charge in [-0.2, -0.15) is 5.10 Å². The van der Waals surface area contributed by atoms with Gasteiger partial charge < -0.3 is 14.8 Å². The minimum Gasteiger partial charge on any atom is -0.465 e. The van der Waals surface area contributed by atoms with E-state index < -0.39 is 5.97 Å². The Bertz CT molecular complexity index is 798. The van der Waals surface area contributed by atoms with E-state index in [-0.39, 0.29) is 17.2 Å². The molecule has 1 heterocycles. The van der Waals surface area contributed by atoms with E-state index in [9.17, 15) is 9.59 Å². The van der Waals surface area contributed by atoms with Crippen LogP contribution in [0.15, 0.2) is 53.6 Å². The molecule has 0 bridgehead atoms. The van der Waals surface area contributed by atoms with Crippen molar-refractivity contribution in [3.8, 4) is 5.75 Å². The Balaban J connectivity index is 1.41. The molecule has 26 heavy (non-hydrogen) atoms. The summed E-state index contributed by atoms with van der Waals surface area (Å²) >= 11 is 1.33. The number of fused-ring (bicyclic) bond motifs is 1. The number of hydrogen-bond acceptors (Lipinski definition) is 7. The fraction of sp³-hybridized carbons (Fsp3) is 0.167. The number of amides is 1. The van der Waals surface area contributed by atoms with Crippen LogP contribution in [-0.4, -0.2) is 36.5 Å². The van der Waals surface area contributed by atoms with Crippen LogP contribution in [0.2, 0.25) is 0 Å². The van der Waals surface area contributed by atoms with E-state index in [2.05, 4.69) is 20.6 Å². The van der Waals surface area contributed by atoms with E-state index >= 15 is 0 Å². The highest BCUT2D eigenvalue weighted by atomic mass is 32.2. The maximum absolute atomic E-state index is 11.9. The first-order chi connectivity index (χ1) is 12.7. The van der Waals surface area contributed by atoms with E-state index in [1.807, 2.05) is 24.3 Å². The third kappa shape index (κ3) is 4.54. The zero-order valence-electron chi connectivity index (χ0n) is 14.0. The molecule has 0 saturated heterocycles. The molecule has 0 aliphatic carbocycles. The molecular weight excluding hydrogens is 354 g/mol. The van der Waals surface area contributed by atoms with Gasteiger partial charge in [-0.15, -0.1) is 0 Å². The molecule has 2 aromatic rings. The summed E-state index contributed by atoms with van der Waals surface area (Å²) in [6.07, 6.45) is 1.50. The second-order valence-electron chi connectivity index (χ2n) is 5.31. The topological polar surface area (TPSA) is 89.0 Å². The van der Waals surface area contributed by atoms with E-state index in [1.165, 1.54) is 25.1 Å². The van der Waals surface area contributed by atoms with Gasteiger partial charge in [0, 0.05) is 0 Å². The van der Waals surface area contributed by atoms with Crippen molar-refractivity contribution >= 4 is 35.5 Å². The zero-order valence-corrected chi connectivity index (χ0v) is 14.8. The Hall–Kier alpha value is -3.00. The highest BCUT2D eigenvalue weighted by Crippen LogP contribution is 2.34. The molecule has 0 saturated carbocycles. The van der Waals surface area contributed by atoms with Gasteiger partial charge in [-0.3, -0.25) is 4.79 Å². The standard InChI is InChI=1S/C18H17N3O4S/c1-24-17(23)13-8-6-12(7-9-13)10-19-21-16(22)11-26-18-20-14-4-2-3-5-15(14)25-18/h2-10,18,20H,11H2,1H3,(H,21,22)/b19-10+. The van der Waals surface area contributed by atoms with Crippen molar-refractivity contribution in [1.82, 2.24) is 5.43 Å². The third-order valence-electron chi connectivity index (χ3n) is 3.49. The normalized spacial score (nSPS) is 15.0. The number of ether oxygens (including phenoxy) is 2. The molecule has 1 aliphatic rings. The van der Waals surface area contributed by atoms with Crippen molar-refractivity contribution in [2.45, 2.75) is 5.56 Å². The summed E-state index contributed by atoms with van der Waals surface area (Å²) < 4.78 is 10.3. The fourth-order valence-electron chi connectivity index (χ4n) is 2.22. The van der Waals surface area contributed by atoms with Gasteiger partial charge in [0.1, 0.15) is 5.75 Å². The maximum Gasteiger partial charge on any atom is 0.337 e. The Morgan fingerprint density at radius 3 is 2.77 bits per heavy atom. The molecule has 7 nitrogen and oxygen atoms in total. The number of methoxy groups -OCH3 is 1. The molecule has 1 amide bonds. The number of esters is 1. The molecule has 1 unspecified atom stereocenters. The van der Waals surface area contributed by atoms with Crippen molar-refractivity contribution < 1.29 is 19.1 Å². The molecule has 0 aromatic heterocycles. The van der Waals surface area contributed by atoms with Crippen LogP contribution >= 0.6 is 11.8 Å². The van der Waals surface area contributed by atoms with Crippen LogP contribution in [-0.2, 0) is 9.53 Å². The number of rotatable bonds is 6. The van der Waals surface area contributed by atoms with Gasteiger partial charge in [0.15, 0.2) is 0 Å². The van der Waals surface area contributed by atoms with Crippen LogP contribution in [0, 0.1) is 0 Å². The predicted octanol–water partition coefficient (Wildman–Crippen LogP) is 2.44. The molecule has 2 aromatic carbocycles. The summed E-state index contributed by atoms with van der Waals surface area (Å²) in [6, 6.07) is 14.3. The minimum absolute atomic E-state index is 0.199. The number of nitrogens with zero attached hydrogens (tertiary/aromatic N) is 1. The molecule has 1 aliphatic heterocycles. The highest BCUT2D eigenvalue weighted by Gasteiger charge is 2.22. The molecule has 0 fully saturated rings. The fourth-order valence-corrected chi connectivity index (χ4v) is 2.97. The number of carbonyl (C=O) groups is 2. The summed E-state index contributed by atoms with van der Waals surface area (Å²) in [6.45, 7) is 0. The lowest BCUT2D eigenvalue weighted by atomic mass is 10.1. The zero-order chi connectivity index (χ0) is 18.4. The van der Waals surface area contributed by atoms with Gasteiger partial charge in [0.2, 0.25) is 11.5 Å². The number of hydrazone groups is 1. The number of nitrogens with one attached hydrogen (secondary N) is 2. The summed E-state index contributed by atoms with van der Waals surface area (Å²) in [5, 5.41) is 7.08. The lowest BCUT2D eigenvalue weighted by Crippen LogP contribution is -2.24. The van der Waals surface area contributed by atoms with Crippen LogP contribution < -0.4 is 15.5 Å². The number of para-hydroxylation sites is 2. The third-order valence-corrected chi connectivity index (χ3v) is 4.44. The van der Waals surface area contributed by atoms with E-state index in [0.29, 0.717) is 5.56 Å². The average molecular weight is 371 g/mol. The first-order valence-electron chi connectivity index (χ1n) is 7.80. The molecule has 1 atom stereocenters. The Morgan fingerprint density at radius 2 is 2.04 bits per heavy atom. The van der Waals surface area contributed by atoms with E-state index in [0.717, 1.165) is 17.0 Å². The monoisotopic (exact) mass is 371 g/mol. The average Bonchev–Trinajstić information content (AvgIpc) is 3.09. The maximum atomic E-state index is 11.9. The SMILES string of the molecule is COC(=O)c1ccc(/C=N/NC(=O)CSC2Nc3ccccc3O2)cc1. The molecular formula is C18H17N3O4S. The van der Waals surface area contributed by atoms with Crippen molar-refractivity contribution in [3.05, 3.63) is 59.7 Å². The molecule has 134 valence electrons. The van der Waals surface area contributed by atoms with Crippen LogP contribution in [0.1, 0.15) is 15.9 Å². The van der Waals surface area contributed by atoms with Crippen molar-refractivity contribution in [1.29, 1.82) is 0 Å². The van der Waals surface area contributed by atoms with Gasteiger partial charge in [-0.1, -0.05) is 36.0 Å². The van der Waals surface area contributed by atoms with Gasteiger partial charge >= 0.3 is 5.97 Å². The van der Waals surface area contributed by atoms with Crippen LogP contribution in [0.3, 0.4) is 0 Å². The summed E-state index contributed by atoms with van der Waals surface area (Å²) in [4.78, 5) is 23.2. The summed E-state index contributed by atoms with van der Waals surface area (Å²) in [7, 11) is 1.33. The quantitative estimate of drug-likeness (QED) is 0.461. The molecule has 2 N–H and O–H groups in total. The van der Waals surface area contributed by atoms with Crippen LogP contribution in [0.4, 0.5) is 5.69 Å². The number of hydrogen-bond donors (Lipinski definition) is 2. The number of anilines is 1. The lowest BCUT2D eigenvalue weighted by Gasteiger charge is -2.09. The Labute approximate surface area is 154 Å².